The van der Waals surface area contributed by atoms with Crippen LogP contribution >= 0.6 is 0 Å². The van der Waals surface area contributed by atoms with E-state index >= 15 is 0 Å². The quantitative estimate of drug-likeness (QED) is 0.856. The molecular weight excluding hydrogens is 274 g/mol. The first kappa shape index (κ1) is 14.0. The van der Waals surface area contributed by atoms with E-state index < -0.39 is 0 Å². The van der Waals surface area contributed by atoms with Gasteiger partial charge in [0, 0.05) is 17.8 Å². The lowest BCUT2D eigenvalue weighted by molar-refractivity contribution is -0.0941. The Hall–Kier alpha value is -1.96. The van der Waals surface area contributed by atoms with Crippen LogP contribution in [0.3, 0.4) is 0 Å². The van der Waals surface area contributed by atoms with Crippen molar-refractivity contribution in [3.8, 4) is 11.5 Å². The van der Waals surface area contributed by atoms with Crippen LogP contribution in [0.15, 0.2) is 28.8 Å². The van der Waals surface area contributed by atoms with Crippen molar-refractivity contribution in [1.82, 2.24) is 10.1 Å². The lowest BCUT2D eigenvalue weighted by Crippen LogP contribution is -2.22. The fourth-order valence-electron chi connectivity index (χ4n) is 2.05. The number of benzene rings is 1. The van der Waals surface area contributed by atoms with Crippen LogP contribution < -0.4 is 5.32 Å². The average Bonchev–Trinajstić information content (AvgIpc) is 3.04. The van der Waals surface area contributed by atoms with E-state index in [0.717, 1.165) is 11.3 Å². The lowest BCUT2D eigenvalue weighted by Gasteiger charge is -2.19. The Bertz CT molecular complexity index is 564. The molecule has 21 heavy (non-hydrogen) atoms. The average molecular weight is 291 g/mol. The lowest BCUT2D eigenvalue weighted by atomic mass is 10.2. The van der Waals surface area contributed by atoms with E-state index in [1.807, 2.05) is 24.3 Å². The maximum Gasteiger partial charge on any atom is 0.258 e. The second-order valence-corrected chi connectivity index (χ2v) is 4.62. The molecule has 1 saturated heterocycles. The van der Waals surface area contributed by atoms with Gasteiger partial charge in [0.2, 0.25) is 5.82 Å². The molecular formula is C14H17N3O4. The molecule has 0 radical (unpaired) electrons. The maximum absolute atomic E-state index is 8.77. The minimum Gasteiger partial charge on any atom is -0.395 e. The van der Waals surface area contributed by atoms with E-state index in [-0.39, 0.29) is 12.7 Å². The summed E-state index contributed by atoms with van der Waals surface area (Å²) in [6, 6.07) is 7.56. The molecule has 1 aliphatic heterocycles. The van der Waals surface area contributed by atoms with Crippen LogP contribution in [0.5, 0.6) is 0 Å². The third-order valence-electron chi connectivity index (χ3n) is 3.12. The van der Waals surface area contributed by atoms with Crippen LogP contribution in [0, 0.1) is 0 Å². The molecule has 0 saturated carbocycles. The SMILES string of the molecule is OCCNc1ccc(-c2nc(C3COCCO3)no2)cc1. The predicted octanol–water partition coefficient (Wildman–Crippen LogP) is 1.23. The summed E-state index contributed by atoms with van der Waals surface area (Å²) in [5.41, 5.74) is 1.76. The normalized spacial score (nSPS) is 18.6. The maximum atomic E-state index is 8.77. The number of ether oxygens (including phenoxy) is 2. The Morgan fingerprint density at radius 3 is 2.81 bits per heavy atom. The van der Waals surface area contributed by atoms with E-state index in [1.54, 1.807) is 0 Å². The third-order valence-corrected chi connectivity index (χ3v) is 3.12. The number of aliphatic hydroxyl groups is 1. The predicted molar refractivity (Wildman–Crippen MR) is 74.8 cm³/mol. The topological polar surface area (TPSA) is 89.6 Å². The van der Waals surface area contributed by atoms with Gasteiger partial charge in [-0.3, -0.25) is 0 Å². The van der Waals surface area contributed by atoms with E-state index in [2.05, 4.69) is 15.5 Å². The number of anilines is 1. The van der Waals surface area contributed by atoms with Crippen LogP contribution in [0.2, 0.25) is 0 Å². The zero-order valence-electron chi connectivity index (χ0n) is 11.5. The Balaban J connectivity index is 1.70. The van der Waals surface area contributed by atoms with Crippen LogP contribution in [-0.4, -0.2) is 48.2 Å². The van der Waals surface area contributed by atoms with Crippen LogP contribution in [-0.2, 0) is 9.47 Å². The molecule has 7 heteroatoms. The van der Waals surface area contributed by atoms with Crippen molar-refractivity contribution in [2.75, 3.05) is 38.3 Å². The van der Waals surface area contributed by atoms with Gasteiger partial charge in [-0.05, 0) is 24.3 Å². The number of nitrogens with zero attached hydrogens (tertiary/aromatic N) is 2. The molecule has 1 atom stereocenters. The van der Waals surface area contributed by atoms with Gasteiger partial charge in [-0.25, -0.2) is 0 Å². The monoisotopic (exact) mass is 291 g/mol. The molecule has 3 rings (SSSR count). The van der Waals surface area contributed by atoms with E-state index in [1.165, 1.54) is 0 Å². The number of aliphatic hydroxyl groups excluding tert-OH is 1. The van der Waals surface area contributed by atoms with Gasteiger partial charge in [-0.2, -0.15) is 4.98 Å². The largest absolute Gasteiger partial charge is 0.395 e. The molecule has 112 valence electrons. The van der Waals surface area contributed by atoms with Gasteiger partial charge in [0.05, 0.1) is 26.4 Å². The van der Waals surface area contributed by atoms with Gasteiger partial charge < -0.3 is 24.4 Å². The second kappa shape index (κ2) is 6.66. The molecule has 0 aliphatic carbocycles. The highest BCUT2D eigenvalue weighted by Crippen LogP contribution is 2.23. The summed E-state index contributed by atoms with van der Waals surface area (Å²) in [4.78, 5) is 4.35. The second-order valence-electron chi connectivity index (χ2n) is 4.62. The molecule has 2 N–H and O–H groups in total. The molecule has 7 nitrogen and oxygen atoms in total. The Morgan fingerprint density at radius 2 is 2.10 bits per heavy atom. The summed E-state index contributed by atoms with van der Waals surface area (Å²) < 4.78 is 16.1. The van der Waals surface area contributed by atoms with Gasteiger partial charge in [0.15, 0.2) is 0 Å². The highest BCUT2D eigenvalue weighted by molar-refractivity contribution is 5.58. The standard InChI is InChI=1S/C14H17N3O4/c18-6-5-15-11-3-1-10(2-4-11)14-16-13(17-21-14)12-9-19-7-8-20-12/h1-4,12,15,18H,5-9H2. The van der Waals surface area contributed by atoms with Crippen LogP contribution in [0.1, 0.15) is 11.9 Å². The fraction of sp³-hybridized carbons (Fsp3) is 0.429. The molecule has 2 aromatic rings. The summed E-state index contributed by atoms with van der Waals surface area (Å²) in [5, 5.41) is 15.8. The summed E-state index contributed by atoms with van der Waals surface area (Å²) in [5.74, 6) is 0.958. The van der Waals surface area contributed by atoms with E-state index in [4.69, 9.17) is 19.1 Å². The number of rotatable bonds is 5. The molecule has 1 aromatic carbocycles. The smallest absolute Gasteiger partial charge is 0.258 e. The van der Waals surface area contributed by atoms with E-state index in [0.29, 0.717) is 38.1 Å². The van der Waals surface area contributed by atoms with Crippen molar-refractivity contribution in [3.63, 3.8) is 0 Å². The van der Waals surface area contributed by atoms with Crippen molar-refractivity contribution < 1.29 is 19.1 Å². The van der Waals surface area contributed by atoms with Crippen molar-refractivity contribution in [1.29, 1.82) is 0 Å². The van der Waals surface area contributed by atoms with E-state index in [9.17, 15) is 0 Å². The highest BCUT2D eigenvalue weighted by atomic mass is 16.6. The molecule has 2 heterocycles. The van der Waals surface area contributed by atoms with Crippen molar-refractivity contribution in [3.05, 3.63) is 30.1 Å². The molecule has 1 fully saturated rings. The summed E-state index contributed by atoms with van der Waals surface area (Å²) >= 11 is 0. The van der Waals surface area contributed by atoms with Crippen LogP contribution in [0.25, 0.3) is 11.5 Å². The van der Waals surface area contributed by atoms with Gasteiger partial charge in [-0.1, -0.05) is 5.16 Å². The molecule has 0 amide bonds. The summed E-state index contributed by atoms with van der Waals surface area (Å²) in [7, 11) is 0. The zero-order chi connectivity index (χ0) is 14.5. The minimum atomic E-state index is -0.262. The number of nitrogens with one attached hydrogen (secondary N) is 1. The first-order chi connectivity index (χ1) is 10.4. The third kappa shape index (κ3) is 3.38. The summed E-state index contributed by atoms with van der Waals surface area (Å²) in [6.45, 7) is 2.20. The molecule has 1 unspecified atom stereocenters. The molecule has 0 bridgehead atoms. The first-order valence-corrected chi connectivity index (χ1v) is 6.85. The highest BCUT2D eigenvalue weighted by Gasteiger charge is 2.22. The van der Waals surface area contributed by atoms with Crippen molar-refractivity contribution in [2.45, 2.75) is 6.10 Å². The minimum absolute atomic E-state index is 0.0955. The van der Waals surface area contributed by atoms with Crippen molar-refractivity contribution >= 4 is 5.69 Å². The molecule has 0 spiro atoms. The number of hydrogen-bond acceptors (Lipinski definition) is 7. The molecule has 1 aromatic heterocycles. The molecule has 1 aliphatic rings. The van der Waals surface area contributed by atoms with Gasteiger partial charge >= 0.3 is 0 Å². The Kier molecular flexibility index (Phi) is 4.44. The number of hydrogen-bond donors (Lipinski definition) is 2. The zero-order valence-corrected chi connectivity index (χ0v) is 11.5. The summed E-state index contributed by atoms with van der Waals surface area (Å²) in [6.07, 6.45) is -0.262. The number of aromatic nitrogens is 2. The Labute approximate surface area is 121 Å². The first-order valence-electron chi connectivity index (χ1n) is 6.85. The van der Waals surface area contributed by atoms with Crippen LogP contribution in [0.4, 0.5) is 5.69 Å². The van der Waals surface area contributed by atoms with Crippen molar-refractivity contribution in [2.24, 2.45) is 0 Å². The fourth-order valence-corrected chi connectivity index (χ4v) is 2.05. The van der Waals surface area contributed by atoms with Gasteiger partial charge in [-0.15, -0.1) is 0 Å². The van der Waals surface area contributed by atoms with Gasteiger partial charge in [0.25, 0.3) is 5.89 Å². The Morgan fingerprint density at radius 1 is 1.24 bits per heavy atom. The van der Waals surface area contributed by atoms with Gasteiger partial charge in [0.1, 0.15) is 6.10 Å².